The van der Waals surface area contributed by atoms with E-state index >= 15 is 0 Å². The van der Waals surface area contributed by atoms with Crippen LogP contribution in [-0.4, -0.2) is 37.0 Å². The summed E-state index contributed by atoms with van der Waals surface area (Å²) in [4.78, 5) is 13.0. The number of rotatable bonds is 6. The van der Waals surface area contributed by atoms with Crippen molar-refractivity contribution >= 4 is 16.8 Å². The summed E-state index contributed by atoms with van der Waals surface area (Å²) in [6, 6.07) is 16.3. The Morgan fingerprint density at radius 3 is 2.75 bits per heavy atom. The Morgan fingerprint density at radius 1 is 1.03 bits per heavy atom. The Hall–Kier alpha value is -3.48. The fourth-order valence-electron chi connectivity index (χ4n) is 4.38. The minimum atomic E-state index is -0.153. The van der Waals surface area contributed by atoms with Crippen LogP contribution in [0.15, 0.2) is 48.5 Å². The largest absolute Gasteiger partial charge is 0.350 e. The number of para-hydroxylation sites is 1. The zero-order chi connectivity index (χ0) is 21.9. The number of fused-ring (bicyclic) bond motifs is 2. The van der Waals surface area contributed by atoms with E-state index in [-0.39, 0.29) is 5.91 Å². The lowest BCUT2D eigenvalue weighted by atomic mass is 10.1. The number of carbonyl (C=O) groups is 1. The molecule has 2 aromatic heterocycles. The Labute approximate surface area is 187 Å². The average molecular weight is 429 g/mol. The van der Waals surface area contributed by atoms with E-state index in [2.05, 4.69) is 56.4 Å². The summed E-state index contributed by atoms with van der Waals surface area (Å²) in [6.07, 6.45) is 5.23. The van der Waals surface area contributed by atoms with Gasteiger partial charge in [-0.15, -0.1) is 10.2 Å². The van der Waals surface area contributed by atoms with Gasteiger partial charge in [-0.25, -0.2) is 0 Å². The van der Waals surface area contributed by atoms with Crippen LogP contribution in [0.1, 0.15) is 52.5 Å². The third-order valence-electron chi connectivity index (χ3n) is 6.15. The van der Waals surface area contributed by atoms with Crippen molar-refractivity contribution in [2.45, 2.75) is 52.1 Å². The number of hydrogen-bond donors (Lipinski definition) is 1. The lowest BCUT2D eigenvalue weighted by Gasteiger charge is -2.07. The maximum absolute atomic E-state index is 13.0. The number of nitrogens with zero attached hydrogens (tertiary/aromatic N) is 5. The summed E-state index contributed by atoms with van der Waals surface area (Å²) in [6.45, 7) is 4.18. The molecule has 0 saturated heterocycles. The zero-order valence-electron chi connectivity index (χ0n) is 18.4. The van der Waals surface area contributed by atoms with Gasteiger partial charge in [0.05, 0.1) is 12.1 Å². The Balaban J connectivity index is 1.30. The van der Waals surface area contributed by atoms with E-state index in [1.807, 2.05) is 28.9 Å². The van der Waals surface area contributed by atoms with Gasteiger partial charge in [0, 0.05) is 31.3 Å². The molecule has 0 fully saturated rings. The van der Waals surface area contributed by atoms with Gasteiger partial charge in [0.25, 0.3) is 5.91 Å². The van der Waals surface area contributed by atoms with Crippen molar-refractivity contribution < 1.29 is 4.79 Å². The van der Waals surface area contributed by atoms with Crippen molar-refractivity contribution in [1.29, 1.82) is 0 Å². The van der Waals surface area contributed by atoms with Gasteiger partial charge < -0.3 is 9.88 Å². The highest BCUT2D eigenvalue weighted by atomic mass is 16.1. The van der Waals surface area contributed by atoms with Gasteiger partial charge in [-0.05, 0) is 31.4 Å². The molecule has 0 aliphatic carbocycles. The molecule has 5 rings (SSSR count). The van der Waals surface area contributed by atoms with Crippen LogP contribution in [0.5, 0.6) is 0 Å². The van der Waals surface area contributed by atoms with Gasteiger partial charge in [0.2, 0.25) is 0 Å². The Morgan fingerprint density at radius 2 is 1.88 bits per heavy atom. The van der Waals surface area contributed by atoms with Gasteiger partial charge >= 0.3 is 0 Å². The van der Waals surface area contributed by atoms with Crippen LogP contribution >= 0.6 is 0 Å². The molecule has 4 aromatic rings. The van der Waals surface area contributed by atoms with Crippen molar-refractivity contribution in [3.63, 3.8) is 0 Å². The molecule has 3 heterocycles. The molecule has 0 atom stereocenters. The second kappa shape index (κ2) is 8.94. The van der Waals surface area contributed by atoms with Gasteiger partial charge in [-0.3, -0.25) is 9.48 Å². The monoisotopic (exact) mass is 428 g/mol. The smallest absolute Gasteiger partial charge is 0.272 e. The lowest BCUT2D eigenvalue weighted by molar-refractivity contribution is 0.0949. The quantitative estimate of drug-likeness (QED) is 0.508. The average Bonchev–Trinajstić information content (AvgIpc) is 3.27. The maximum atomic E-state index is 13.0. The van der Waals surface area contributed by atoms with Gasteiger partial charge in [-0.1, -0.05) is 54.4 Å². The molecule has 7 nitrogen and oxygen atoms in total. The topological polar surface area (TPSA) is 77.6 Å². The van der Waals surface area contributed by atoms with Gasteiger partial charge in [0.15, 0.2) is 5.69 Å². The summed E-state index contributed by atoms with van der Waals surface area (Å²) in [5.41, 5.74) is 3.81. The number of aromatic nitrogens is 5. The number of carbonyl (C=O) groups excluding carboxylic acids is 1. The maximum Gasteiger partial charge on any atom is 0.272 e. The molecule has 164 valence electrons. The first-order valence-corrected chi connectivity index (χ1v) is 11.4. The van der Waals surface area contributed by atoms with Crippen molar-refractivity contribution in [2.24, 2.45) is 0 Å². The molecule has 0 spiro atoms. The van der Waals surface area contributed by atoms with Crippen molar-refractivity contribution in [3.05, 3.63) is 77.0 Å². The molecule has 1 aliphatic rings. The fraction of sp³-hybridized carbons (Fsp3) is 0.360. The summed E-state index contributed by atoms with van der Waals surface area (Å²) >= 11 is 0. The third kappa shape index (κ3) is 4.15. The van der Waals surface area contributed by atoms with Crippen molar-refractivity contribution in [2.75, 3.05) is 6.54 Å². The van der Waals surface area contributed by atoms with Crippen LogP contribution in [0.3, 0.4) is 0 Å². The predicted octanol–water partition coefficient (Wildman–Crippen LogP) is 3.68. The SMILES string of the molecule is Cc1ccc(Cn2nc(C(=O)NCCc3nnc4n3CCCCC4)c3ccccc32)cc1. The fourth-order valence-corrected chi connectivity index (χ4v) is 4.38. The normalized spacial score (nSPS) is 13.7. The molecule has 0 unspecified atom stereocenters. The van der Waals surface area contributed by atoms with Gasteiger partial charge in [-0.2, -0.15) is 5.10 Å². The van der Waals surface area contributed by atoms with E-state index in [0.717, 1.165) is 47.5 Å². The van der Waals surface area contributed by atoms with Crippen molar-refractivity contribution in [3.8, 4) is 0 Å². The minimum Gasteiger partial charge on any atom is -0.350 e. The zero-order valence-corrected chi connectivity index (χ0v) is 18.4. The first kappa shape index (κ1) is 20.4. The highest BCUT2D eigenvalue weighted by Crippen LogP contribution is 2.20. The second-order valence-electron chi connectivity index (χ2n) is 8.51. The molecular weight excluding hydrogens is 400 g/mol. The Bertz CT molecular complexity index is 1240. The van der Waals surface area contributed by atoms with E-state index < -0.39 is 0 Å². The molecule has 0 saturated carbocycles. The highest BCUT2D eigenvalue weighted by molar-refractivity contribution is 6.04. The summed E-state index contributed by atoms with van der Waals surface area (Å²) in [5.74, 6) is 1.88. The Kier molecular flexibility index (Phi) is 5.71. The highest BCUT2D eigenvalue weighted by Gasteiger charge is 2.18. The summed E-state index contributed by atoms with van der Waals surface area (Å²) in [5, 5.41) is 17.3. The third-order valence-corrected chi connectivity index (χ3v) is 6.15. The first-order valence-electron chi connectivity index (χ1n) is 11.4. The van der Waals surface area contributed by atoms with E-state index in [9.17, 15) is 4.79 Å². The summed E-state index contributed by atoms with van der Waals surface area (Å²) < 4.78 is 4.14. The van der Waals surface area contributed by atoms with Crippen LogP contribution in [0.4, 0.5) is 0 Å². The predicted molar refractivity (Wildman–Crippen MR) is 124 cm³/mol. The van der Waals surface area contributed by atoms with E-state index in [4.69, 9.17) is 0 Å². The number of nitrogens with one attached hydrogen (secondary N) is 1. The van der Waals surface area contributed by atoms with Crippen LogP contribution in [0, 0.1) is 6.92 Å². The number of hydrogen-bond acceptors (Lipinski definition) is 4. The lowest BCUT2D eigenvalue weighted by Crippen LogP contribution is -2.27. The van der Waals surface area contributed by atoms with E-state index in [0.29, 0.717) is 25.2 Å². The van der Waals surface area contributed by atoms with E-state index in [1.54, 1.807) is 0 Å². The van der Waals surface area contributed by atoms with Crippen molar-refractivity contribution in [1.82, 2.24) is 29.9 Å². The van der Waals surface area contributed by atoms with Crippen LogP contribution in [0.2, 0.25) is 0 Å². The number of amides is 1. The molecule has 1 aliphatic heterocycles. The second-order valence-corrected chi connectivity index (χ2v) is 8.51. The molecule has 1 N–H and O–H groups in total. The van der Waals surface area contributed by atoms with Crippen LogP contribution < -0.4 is 5.32 Å². The molecule has 0 radical (unpaired) electrons. The standard InChI is InChI=1S/C25H28N6O/c1-18-10-12-19(13-11-18)17-31-21-8-5-4-7-20(21)24(29-31)25(32)26-15-14-23-28-27-22-9-3-2-6-16-30(22)23/h4-5,7-8,10-13H,2-3,6,9,14-17H2,1H3,(H,26,32). The molecule has 1 amide bonds. The van der Waals surface area contributed by atoms with Crippen LogP contribution in [0.25, 0.3) is 10.9 Å². The molecule has 7 heteroatoms. The molecule has 32 heavy (non-hydrogen) atoms. The van der Waals surface area contributed by atoms with Crippen LogP contribution in [-0.2, 0) is 25.9 Å². The number of benzene rings is 2. The van der Waals surface area contributed by atoms with Gasteiger partial charge in [0.1, 0.15) is 11.6 Å². The van der Waals surface area contributed by atoms with E-state index in [1.165, 1.54) is 18.4 Å². The first-order chi connectivity index (χ1) is 15.7. The summed E-state index contributed by atoms with van der Waals surface area (Å²) in [7, 11) is 0. The minimum absolute atomic E-state index is 0.153. The molecular formula is C25H28N6O. The molecule has 2 aromatic carbocycles. The molecule has 0 bridgehead atoms. The number of aryl methyl sites for hydroxylation is 2.